The first-order valence-electron chi connectivity index (χ1n) is 13.7. The van der Waals surface area contributed by atoms with E-state index in [0.29, 0.717) is 28.7 Å². The van der Waals surface area contributed by atoms with Gasteiger partial charge in [0, 0.05) is 32.5 Å². The highest BCUT2D eigenvalue weighted by atomic mass is 35.5. The first-order valence-corrected chi connectivity index (χ1v) is 16.3. The second-order valence-electron chi connectivity index (χ2n) is 9.89. The maximum absolute atomic E-state index is 13.9. The number of nitrogens with one attached hydrogen (secondary N) is 1. The van der Waals surface area contributed by atoms with Crippen molar-refractivity contribution in [1.29, 1.82) is 0 Å². The molecular weight excluding hydrogens is 581 g/mol. The molecule has 0 aliphatic heterocycles. The molecule has 0 spiro atoms. The predicted molar refractivity (Wildman–Crippen MR) is 167 cm³/mol. The van der Waals surface area contributed by atoms with Crippen LogP contribution in [0, 0.1) is 0 Å². The van der Waals surface area contributed by atoms with Gasteiger partial charge in [-0.05, 0) is 48.2 Å². The minimum Gasteiger partial charge on any atom is -0.354 e. The third-order valence-electron chi connectivity index (χ3n) is 6.63. The highest BCUT2D eigenvalue weighted by Gasteiger charge is 2.30. The SMILES string of the molecule is CCCCNC(=O)[C@@H](Cc1ccccc1)N(Cc1ccc(Cl)c(Cl)c1)C(=O)CCCN(c1ccccc1)S(C)(=O)=O. The number of anilines is 1. The summed E-state index contributed by atoms with van der Waals surface area (Å²) in [6.45, 7) is 2.82. The van der Waals surface area contributed by atoms with Gasteiger partial charge in [-0.15, -0.1) is 0 Å². The van der Waals surface area contributed by atoms with E-state index in [-0.39, 0.29) is 37.7 Å². The number of benzene rings is 3. The van der Waals surface area contributed by atoms with Crippen LogP contribution in [0.2, 0.25) is 10.0 Å². The molecule has 220 valence electrons. The molecule has 0 heterocycles. The zero-order valence-corrected chi connectivity index (χ0v) is 25.8. The maximum atomic E-state index is 13.9. The van der Waals surface area contributed by atoms with Gasteiger partial charge in [-0.1, -0.05) is 91.1 Å². The van der Waals surface area contributed by atoms with Gasteiger partial charge in [0.25, 0.3) is 0 Å². The Kier molecular flexibility index (Phi) is 12.5. The lowest BCUT2D eigenvalue weighted by molar-refractivity contribution is -0.141. The molecule has 0 fully saturated rings. The minimum absolute atomic E-state index is 0.0493. The molecule has 3 aromatic carbocycles. The second-order valence-corrected chi connectivity index (χ2v) is 12.6. The minimum atomic E-state index is -3.56. The van der Waals surface area contributed by atoms with Crippen molar-refractivity contribution in [3.05, 3.63) is 100 Å². The summed E-state index contributed by atoms with van der Waals surface area (Å²) in [5.74, 6) is -0.498. The summed E-state index contributed by atoms with van der Waals surface area (Å²) in [6, 6.07) is 22.7. The molecule has 0 bridgehead atoms. The zero-order valence-electron chi connectivity index (χ0n) is 23.4. The first-order chi connectivity index (χ1) is 19.6. The smallest absolute Gasteiger partial charge is 0.243 e. The molecule has 3 rings (SSSR count). The fourth-order valence-corrected chi connectivity index (χ4v) is 5.78. The van der Waals surface area contributed by atoms with E-state index in [1.54, 1.807) is 47.4 Å². The van der Waals surface area contributed by atoms with Crippen LogP contribution < -0.4 is 9.62 Å². The molecule has 0 aliphatic rings. The van der Waals surface area contributed by atoms with E-state index in [0.717, 1.165) is 30.2 Å². The molecule has 10 heteroatoms. The van der Waals surface area contributed by atoms with Gasteiger partial charge >= 0.3 is 0 Å². The van der Waals surface area contributed by atoms with Crippen LogP contribution in [0.1, 0.15) is 43.7 Å². The topological polar surface area (TPSA) is 86.8 Å². The lowest BCUT2D eigenvalue weighted by Gasteiger charge is -2.32. The Morgan fingerprint density at radius 1 is 0.878 bits per heavy atom. The van der Waals surface area contributed by atoms with Crippen molar-refractivity contribution in [3.63, 3.8) is 0 Å². The van der Waals surface area contributed by atoms with Crippen molar-refractivity contribution >= 4 is 50.7 Å². The summed E-state index contributed by atoms with van der Waals surface area (Å²) >= 11 is 12.4. The molecule has 1 N–H and O–H groups in total. The molecule has 0 unspecified atom stereocenters. The number of hydrogen-bond donors (Lipinski definition) is 1. The molecule has 0 saturated heterocycles. The summed E-state index contributed by atoms with van der Waals surface area (Å²) < 4.78 is 26.3. The highest BCUT2D eigenvalue weighted by molar-refractivity contribution is 7.92. The molecule has 0 aromatic heterocycles. The Bertz CT molecular complexity index is 1390. The van der Waals surface area contributed by atoms with Crippen molar-refractivity contribution in [3.8, 4) is 0 Å². The number of halogens is 2. The molecule has 0 saturated carbocycles. The van der Waals surface area contributed by atoms with Gasteiger partial charge in [0.2, 0.25) is 21.8 Å². The molecule has 1 atom stereocenters. The van der Waals surface area contributed by atoms with Crippen LogP contribution >= 0.6 is 23.2 Å². The molecular formula is C31H37Cl2N3O4S. The van der Waals surface area contributed by atoms with Crippen molar-refractivity contribution in [1.82, 2.24) is 10.2 Å². The number of nitrogens with zero attached hydrogens (tertiary/aromatic N) is 2. The van der Waals surface area contributed by atoms with E-state index in [9.17, 15) is 18.0 Å². The van der Waals surface area contributed by atoms with Gasteiger partial charge in [-0.3, -0.25) is 13.9 Å². The van der Waals surface area contributed by atoms with Crippen LogP contribution in [0.15, 0.2) is 78.9 Å². The van der Waals surface area contributed by atoms with Gasteiger partial charge in [0.05, 0.1) is 22.0 Å². The van der Waals surface area contributed by atoms with Crippen molar-refractivity contribution in [2.75, 3.05) is 23.7 Å². The molecule has 2 amide bonds. The largest absolute Gasteiger partial charge is 0.354 e. The normalized spacial score (nSPS) is 12.0. The van der Waals surface area contributed by atoms with Crippen molar-refractivity contribution in [2.45, 2.75) is 51.6 Å². The van der Waals surface area contributed by atoms with Gasteiger partial charge in [0.15, 0.2) is 0 Å². The summed E-state index contributed by atoms with van der Waals surface area (Å²) in [5.41, 5.74) is 2.18. The van der Waals surface area contributed by atoms with Crippen molar-refractivity contribution < 1.29 is 18.0 Å². The Labute approximate surface area is 253 Å². The monoisotopic (exact) mass is 617 g/mol. The number of para-hydroxylation sites is 1. The van der Waals surface area contributed by atoms with Gasteiger partial charge < -0.3 is 10.2 Å². The number of carbonyl (C=O) groups excluding carboxylic acids is 2. The fourth-order valence-electron chi connectivity index (χ4n) is 4.49. The summed E-state index contributed by atoms with van der Waals surface area (Å²) in [5, 5.41) is 3.75. The Balaban J connectivity index is 1.88. The molecule has 7 nitrogen and oxygen atoms in total. The molecule has 0 radical (unpaired) electrons. The van der Waals surface area contributed by atoms with E-state index in [1.807, 2.05) is 43.3 Å². The first kappa shape index (κ1) is 32.4. The zero-order chi connectivity index (χ0) is 29.8. The number of rotatable bonds is 15. The average molecular weight is 619 g/mol. The van der Waals surface area contributed by atoms with E-state index >= 15 is 0 Å². The van der Waals surface area contributed by atoms with E-state index < -0.39 is 16.1 Å². The van der Waals surface area contributed by atoms with Crippen LogP contribution in [0.25, 0.3) is 0 Å². The van der Waals surface area contributed by atoms with Crippen LogP contribution in [-0.2, 0) is 32.6 Å². The molecule has 3 aromatic rings. The van der Waals surface area contributed by atoms with E-state index in [2.05, 4.69) is 5.32 Å². The fraction of sp³-hybridized carbons (Fsp3) is 0.355. The van der Waals surface area contributed by atoms with E-state index in [4.69, 9.17) is 23.2 Å². The third-order valence-corrected chi connectivity index (χ3v) is 8.57. The summed E-state index contributed by atoms with van der Waals surface area (Å²) in [6.07, 6.45) is 3.54. The van der Waals surface area contributed by atoms with Gasteiger partial charge in [0.1, 0.15) is 6.04 Å². The second kappa shape index (κ2) is 15.8. The van der Waals surface area contributed by atoms with Crippen molar-refractivity contribution in [2.24, 2.45) is 0 Å². The lowest BCUT2D eigenvalue weighted by Crippen LogP contribution is -2.50. The standard InChI is InChI=1S/C31H37Cl2N3O4S/c1-3-4-19-34-31(38)29(22-24-12-7-5-8-13-24)35(23-25-17-18-27(32)28(33)21-25)30(37)16-11-20-36(41(2,39)40)26-14-9-6-10-15-26/h5-10,12-15,17-18,21,29H,3-4,11,16,19-20,22-23H2,1-2H3,(H,34,38)/t29-/m1/s1. The van der Waals surface area contributed by atoms with Crippen LogP contribution in [-0.4, -0.2) is 50.5 Å². The quantitative estimate of drug-likeness (QED) is 0.209. The van der Waals surface area contributed by atoms with Crippen LogP contribution in [0.5, 0.6) is 0 Å². The van der Waals surface area contributed by atoms with Crippen LogP contribution in [0.4, 0.5) is 5.69 Å². The van der Waals surface area contributed by atoms with E-state index in [1.165, 1.54) is 4.31 Å². The maximum Gasteiger partial charge on any atom is 0.243 e. The average Bonchev–Trinajstić information content (AvgIpc) is 2.95. The predicted octanol–water partition coefficient (Wildman–Crippen LogP) is 6.10. The third kappa shape index (κ3) is 10.1. The Morgan fingerprint density at radius 2 is 1.54 bits per heavy atom. The number of amides is 2. The molecule has 0 aliphatic carbocycles. The van der Waals surface area contributed by atoms with Crippen LogP contribution in [0.3, 0.4) is 0 Å². The van der Waals surface area contributed by atoms with Gasteiger partial charge in [-0.25, -0.2) is 8.42 Å². The highest BCUT2D eigenvalue weighted by Crippen LogP contribution is 2.25. The summed E-state index contributed by atoms with van der Waals surface area (Å²) in [4.78, 5) is 29.0. The lowest BCUT2D eigenvalue weighted by atomic mass is 10.0. The molecule has 41 heavy (non-hydrogen) atoms. The Morgan fingerprint density at radius 3 is 2.15 bits per heavy atom. The number of carbonyl (C=O) groups is 2. The number of hydrogen-bond acceptors (Lipinski definition) is 4. The van der Waals surface area contributed by atoms with Gasteiger partial charge in [-0.2, -0.15) is 0 Å². The number of sulfonamides is 1. The number of unbranched alkanes of at least 4 members (excludes halogenated alkanes) is 1. The Hall–Kier alpha value is -3.07. The summed E-state index contributed by atoms with van der Waals surface area (Å²) in [7, 11) is -3.56.